The predicted molar refractivity (Wildman–Crippen MR) is 100 cm³/mol. The molecule has 2 aliphatic rings. The molecule has 3 aromatic heterocycles. The summed E-state index contributed by atoms with van der Waals surface area (Å²) in [5.41, 5.74) is 2.41. The zero-order valence-electron chi connectivity index (χ0n) is 14.0. The number of thiophene rings is 1. The molecule has 6 heteroatoms. The Morgan fingerprint density at radius 1 is 1.24 bits per heavy atom. The molecule has 128 valence electrons. The lowest BCUT2D eigenvalue weighted by molar-refractivity contribution is 0.120. The van der Waals surface area contributed by atoms with Crippen LogP contribution < -0.4 is 5.32 Å². The van der Waals surface area contributed by atoms with Crippen LogP contribution in [0.1, 0.15) is 29.7 Å². The third kappa shape index (κ3) is 2.79. The Balaban J connectivity index is 1.58. The van der Waals surface area contributed by atoms with Crippen molar-refractivity contribution in [3.8, 4) is 11.4 Å². The van der Waals surface area contributed by atoms with E-state index >= 15 is 0 Å². The Hall–Kier alpha value is -2.05. The third-order valence-corrected chi connectivity index (χ3v) is 6.19. The molecule has 1 aliphatic carbocycles. The van der Waals surface area contributed by atoms with Crippen molar-refractivity contribution in [2.75, 3.05) is 18.5 Å². The summed E-state index contributed by atoms with van der Waals surface area (Å²) in [6.07, 6.45) is 9.72. The highest BCUT2D eigenvalue weighted by Crippen LogP contribution is 2.40. The van der Waals surface area contributed by atoms with Gasteiger partial charge in [0.15, 0.2) is 5.82 Å². The number of fused-ring (bicyclic) bond motifs is 3. The molecule has 0 saturated carbocycles. The summed E-state index contributed by atoms with van der Waals surface area (Å²) < 4.78 is 5.76. The van der Waals surface area contributed by atoms with Gasteiger partial charge in [0.05, 0.1) is 11.5 Å². The first-order chi connectivity index (χ1) is 12.4. The highest BCUT2D eigenvalue weighted by atomic mass is 32.1. The van der Waals surface area contributed by atoms with E-state index in [1.165, 1.54) is 28.7 Å². The molecule has 1 aliphatic heterocycles. The number of aryl methyl sites for hydroxylation is 2. The van der Waals surface area contributed by atoms with Crippen LogP contribution in [0.2, 0.25) is 0 Å². The molecular formula is C19H20N4OS. The van der Waals surface area contributed by atoms with Gasteiger partial charge in [0.1, 0.15) is 10.6 Å². The van der Waals surface area contributed by atoms with Gasteiger partial charge >= 0.3 is 0 Å². The normalized spacial score (nSPS) is 19.4. The van der Waals surface area contributed by atoms with Crippen LogP contribution in [0.4, 0.5) is 5.82 Å². The summed E-state index contributed by atoms with van der Waals surface area (Å²) in [4.78, 5) is 16.5. The second-order valence-electron chi connectivity index (χ2n) is 6.69. The van der Waals surface area contributed by atoms with Gasteiger partial charge in [-0.05, 0) is 49.8 Å². The van der Waals surface area contributed by atoms with E-state index < -0.39 is 0 Å². The second kappa shape index (κ2) is 6.35. The number of nitrogens with zero attached hydrogens (tertiary/aromatic N) is 3. The molecule has 0 radical (unpaired) electrons. The van der Waals surface area contributed by atoms with Crippen LogP contribution in [0, 0.1) is 0 Å². The van der Waals surface area contributed by atoms with Gasteiger partial charge in [-0.3, -0.25) is 4.98 Å². The molecule has 0 spiro atoms. The van der Waals surface area contributed by atoms with Crippen molar-refractivity contribution in [2.45, 2.75) is 38.2 Å². The van der Waals surface area contributed by atoms with E-state index in [9.17, 15) is 0 Å². The second-order valence-corrected chi connectivity index (χ2v) is 7.77. The summed E-state index contributed by atoms with van der Waals surface area (Å²) in [5.74, 6) is 1.70. The van der Waals surface area contributed by atoms with Gasteiger partial charge in [-0.2, -0.15) is 0 Å². The minimum atomic E-state index is 0.290. The molecule has 4 heterocycles. The van der Waals surface area contributed by atoms with Crippen molar-refractivity contribution in [3.63, 3.8) is 0 Å². The number of pyridine rings is 1. The van der Waals surface area contributed by atoms with Crippen molar-refractivity contribution in [1.82, 2.24) is 15.0 Å². The van der Waals surface area contributed by atoms with Crippen LogP contribution in [-0.2, 0) is 17.6 Å². The molecule has 0 bridgehead atoms. The summed E-state index contributed by atoms with van der Waals surface area (Å²) in [7, 11) is 0. The molecule has 3 aromatic rings. The SMILES string of the molecule is c1cncc(-c2nc(NC[C@@H]3CCCO3)c3c4c(sc3n2)CCC4)c1. The topological polar surface area (TPSA) is 59.9 Å². The summed E-state index contributed by atoms with van der Waals surface area (Å²) in [5, 5.41) is 4.79. The molecule has 25 heavy (non-hydrogen) atoms. The fraction of sp³-hybridized carbons (Fsp3) is 0.421. The van der Waals surface area contributed by atoms with E-state index in [4.69, 9.17) is 14.7 Å². The van der Waals surface area contributed by atoms with E-state index in [1.54, 1.807) is 6.20 Å². The minimum absolute atomic E-state index is 0.290. The van der Waals surface area contributed by atoms with Crippen LogP contribution in [0.25, 0.3) is 21.6 Å². The molecule has 1 atom stereocenters. The Bertz CT molecular complexity index is 903. The fourth-order valence-corrected chi connectivity index (χ4v) is 5.02. The van der Waals surface area contributed by atoms with Crippen molar-refractivity contribution >= 4 is 27.4 Å². The first kappa shape index (κ1) is 15.2. The van der Waals surface area contributed by atoms with Gasteiger partial charge in [0.2, 0.25) is 0 Å². The fourth-order valence-electron chi connectivity index (χ4n) is 3.76. The number of rotatable bonds is 4. The van der Waals surface area contributed by atoms with Crippen LogP contribution >= 0.6 is 11.3 Å². The Morgan fingerprint density at radius 3 is 3.08 bits per heavy atom. The third-order valence-electron chi connectivity index (χ3n) is 5.01. The summed E-state index contributed by atoms with van der Waals surface area (Å²) in [6, 6.07) is 3.94. The monoisotopic (exact) mass is 352 g/mol. The number of anilines is 1. The highest BCUT2D eigenvalue weighted by Gasteiger charge is 2.23. The zero-order valence-corrected chi connectivity index (χ0v) is 14.8. The highest BCUT2D eigenvalue weighted by molar-refractivity contribution is 7.19. The largest absolute Gasteiger partial charge is 0.376 e. The van der Waals surface area contributed by atoms with Gasteiger partial charge in [0, 0.05) is 36.0 Å². The molecular weight excluding hydrogens is 332 g/mol. The maximum Gasteiger partial charge on any atom is 0.164 e. The van der Waals surface area contributed by atoms with Gasteiger partial charge in [-0.15, -0.1) is 11.3 Å². The lowest BCUT2D eigenvalue weighted by Crippen LogP contribution is -2.19. The van der Waals surface area contributed by atoms with E-state index in [0.29, 0.717) is 6.10 Å². The van der Waals surface area contributed by atoms with Crippen molar-refractivity contribution < 1.29 is 4.74 Å². The summed E-state index contributed by atoms with van der Waals surface area (Å²) in [6.45, 7) is 1.68. The van der Waals surface area contributed by atoms with Crippen LogP contribution in [-0.4, -0.2) is 34.2 Å². The van der Waals surface area contributed by atoms with Crippen LogP contribution in [0.3, 0.4) is 0 Å². The maximum absolute atomic E-state index is 5.76. The number of ether oxygens (including phenoxy) is 1. The standard InChI is InChI=1S/C19H20N4OS/c1-6-14-15(7-1)25-19-16(14)18(21-11-13-5-3-9-24-13)22-17(23-19)12-4-2-8-20-10-12/h2,4,8,10,13H,1,3,5-7,9,11H2,(H,21,22,23)/t13-/m0/s1. The van der Waals surface area contributed by atoms with E-state index in [2.05, 4.69) is 10.3 Å². The maximum atomic E-state index is 5.76. The number of aromatic nitrogens is 3. The predicted octanol–water partition coefficient (Wildman–Crippen LogP) is 3.83. The van der Waals surface area contributed by atoms with Crippen molar-refractivity contribution in [3.05, 3.63) is 35.0 Å². The van der Waals surface area contributed by atoms with Gasteiger partial charge in [0.25, 0.3) is 0 Å². The van der Waals surface area contributed by atoms with Gasteiger partial charge in [-0.25, -0.2) is 9.97 Å². The quantitative estimate of drug-likeness (QED) is 0.773. The average Bonchev–Trinajstić information content (AvgIpc) is 3.37. The van der Waals surface area contributed by atoms with Crippen molar-refractivity contribution in [2.24, 2.45) is 0 Å². The smallest absolute Gasteiger partial charge is 0.164 e. The first-order valence-electron chi connectivity index (χ1n) is 8.96. The van der Waals surface area contributed by atoms with Crippen LogP contribution in [0.15, 0.2) is 24.5 Å². The van der Waals surface area contributed by atoms with E-state index in [0.717, 1.165) is 54.5 Å². The molecule has 0 unspecified atom stereocenters. The van der Waals surface area contributed by atoms with E-state index in [-0.39, 0.29) is 0 Å². The molecule has 1 N–H and O–H groups in total. The van der Waals surface area contributed by atoms with E-state index in [1.807, 2.05) is 29.7 Å². The lowest BCUT2D eigenvalue weighted by atomic mass is 10.1. The average molecular weight is 352 g/mol. The number of hydrogen-bond donors (Lipinski definition) is 1. The van der Waals surface area contributed by atoms with Crippen molar-refractivity contribution in [1.29, 1.82) is 0 Å². The molecule has 5 nitrogen and oxygen atoms in total. The van der Waals surface area contributed by atoms with Gasteiger partial charge in [-0.1, -0.05) is 0 Å². The molecule has 1 saturated heterocycles. The Morgan fingerprint density at radius 2 is 2.24 bits per heavy atom. The minimum Gasteiger partial charge on any atom is -0.376 e. The first-order valence-corrected chi connectivity index (χ1v) is 9.78. The summed E-state index contributed by atoms with van der Waals surface area (Å²) >= 11 is 1.82. The van der Waals surface area contributed by atoms with Crippen LogP contribution in [0.5, 0.6) is 0 Å². The Labute approximate surface area is 150 Å². The molecule has 5 rings (SSSR count). The molecule has 0 amide bonds. The number of nitrogens with one attached hydrogen (secondary N) is 1. The van der Waals surface area contributed by atoms with Gasteiger partial charge < -0.3 is 10.1 Å². The molecule has 1 fully saturated rings. The zero-order chi connectivity index (χ0) is 16.6. The Kier molecular flexibility index (Phi) is 3.87. The molecule has 0 aromatic carbocycles. The number of hydrogen-bond acceptors (Lipinski definition) is 6. The lowest BCUT2D eigenvalue weighted by Gasteiger charge is -2.13.